The van der Waals surface area contributed by atoms with Gasteiger partial charge in [-0.25, -0.2) is 14.6 Å². The summed E-state index contributed by atoms with van der Waals surface area (Å²) in [6.07, 6.45) is 1.50. The van der Waals surface area contributed by atoms with Crippen molar-refractivity contribution in [1.29, 1.82) is 0 Å². The first kappa shape index (κ1) is 14.4. The van der Waals surface area contributed by atoms with Gasteiger partial charge in [0.15, 0.2) is 5.13 Å². The Balaban J connectivity index is 2.13. The summed E-state index contributed by atoms with van der Waals surface area (Å²) < 4.78 is 1.77. The van der Waals surface area contributed by atoms with E-state index < -0.39 is 0 Å². The molecule has 0 fully saturated rings. The molecular formula is C12H18N6OS. The highest BCUT2D eigenvalue weighted by Crippen LogP contribution is 2.22. The van der Waals surface area contributed by atoms with Crippen molar-refractivity contribution in [2.45, 2.75) is 33.4 Å². The van der Waals surface area contributed by atoms with Crippen LogP contribution >= 0.6 is 11.3 Å². The molecule has 0 aliphatic carbocycles. The van der Waals surface area contributed by atoms with E-state index in [0.717, 1.165) is 23.2 Å². The predicted octanol–water partition coefficient (Wildman–Crippen LogP) is 1.60. The molecule has 1 atom stereocenters. The zero-order valence-corrected chi connectivity index (χ0v) is 12.8. The molecule has 0 bridgehead atoms. The number of thiazole rings is 1. The fraction of sp³-hybridized carbons (Fsp3) is 0.500. The molecule has 2 aromatic heterocycles. The quantitative estimate of drug-likeness (QED) is 0.875. The molecule has 20 heavy (non-hydrogen) atoms. The lowest BCUT2D eigenvalue weighted by atomic mass is 10.3. The fourth-order valence-electron chi connectivity index (χ4n) is 1.89. The highest BCUT2D eigenvalue weighted by atomic mass is 32.1. The monoisotopic (exact) mass is 294 g/mol. The van der Waals surface area contributed by atoms with E-state index in [0.29, 0.717) is 4.88 Å². The van der Waals surface area contributed by atoms with Crippen molar-refractivity contribution in [2.24, 2.45) is 0 Å². The standard InChI is InChI=1S/C12H18N6OS/c1-5-18-10(14-6-15-18)8(3)16-11(19)9-7(2)17-12(13-4)20-9/h6,8H,5H2,1-4H3,(H,13,17)(H,16,19). The van der Waals surface area contributed by atoms with Gasteiger partial charge >= 0.3 is 0 Å². The van der Waals surface area contributed by atoms with E-state index in [1.165, 1.54) is 17.7 Å². The fourth-order valence-corrected chi connectivity index (χ4v) is 2.72. The van der Waals surface area contributed by atoms with Gasteiger partial charge in [0.1, 0.15) is 17.0 Å². The number of nitrogens with one attached hydrogen (secondary N) is 2. The maximum atomic E-state index is 12.3. The van der Waals surface area contributed by atoms with E-state index in [1.54, 1.807) is 11.7 Å². The normalized spacial score (nSPS) is 12.2. The Hall–Kier alpha value is -1.96. The van der Waals surface area contributed by atoms with Gasteiger partial charge in [0, 0.05) is 13.6 Å². The van der Waals surface area contributed by atoms with Crippen molar-refractivity contribution in [3.63, 3.8) is 0 Å². The molecule has 1 amide bonds. The Kier molecular flexibility index (Phi) is 4.33. The number of amides is 1. The third kappa shape index (κ3) is 2.79. The molecule has 108 valence electrons. The molecule has 0 radical (unpaired) electrons. The smallest absolute Gasteiger partial charge is 0.263 e. The van der Waals surface area contributed by atoms with Crippen LogP contribution in [0, 0.1) is 6.92 Å². The molecule has 0 aliphatic rings. The van der Waals surface area contributed by atoms with Gasteiger partial charge in [0.05, 0.1) is 11.7 Å². The molecule has 0 aliphatic heterocycles. The number of hydrogen-bond acceptors (Lipinski definition) is 6. The Bertz CT molecular complexity index is 605. The second-order valence-corrected chi connectivity index (χ2v) is 5.31. The number of aryl methyl sites for hydroxylation is 2. The van der Waals surface area contributed by atoms with E-state index in [1.807, 2.05) is 20.8 Å². The van der Waals surface area contributed by atoms with Crippen LogP contribution in [0.1, 0.15) is 41.1 Å². The summed E-state index contributed by atoms with van der Waals surface area (Å²) >= 11 is 1.34. The van der Waals surface area contributed by atoms with Gasteiger partial charge in [-0.2, -0.15) is 5.10 Å². The molecule has 2 aromatic rings. The van der Waals surface area contributed by atoms with Gasteiger partial charge in [-0.1, -0.05) is 11.3 Å². The topological polar surface area (TPSA) is 84.7 Å². The number of hydrogen-bond donors (Lipinski definition) is 2. The zero-order valence-electron chi connectivity index (χ0n) is 12.0. The highest BCUT2D eigenvalue weighted by Gasteiger charge is 2.19. The Morgan fingerprint density at radius 1 is 1.55 bits per heavy atom. The Morgan fingerprint density at radius 3 is 2.90 bits per heavy atom. The molecular weight excluding hydrogens is 276 g/mol. The summed E-state index contributed by atoms with van der Waals surface area (Å²) in [5, 5.41) is 10.7. The van der Waals surface area contributed by atoms with Crippen molar-refractivity contribution in [2.75, 3.05) is 12.4 Å². The largest absolute Gasteiger partial charge is 0.365 e. The van der Waals surface area contributed by atoms with Gasteiger partial charge in [0.25, 0.3) is 5.91 Å². The van der Waals surface area contributed by atoms with Crippen LogP contribution in [-0.4, -0.2) is 32.7 Å². The predicted molar refractivity (Wildman–Crippen MR) is 78.0 cm³/mol. The minimum Gasteiger partial charge on any atom is -0.365 e. The molecule has 2 N–H and O–H groups in total. The van der Waals surface area contributed by atoms with Gasteiger partial charge < -0.3 is 10.6 Å². The summed E-state index contributed by atoms with van der Waals surface area (Å²) in [6, 6.07) is -0.204. The molecule has 0 aromatic carbocycles. The summed E-state index contributed by atoms with van der Waals surface area (Å²) in [7, 11) is 1.78. The number of carbonyl (C=O) groups excluding carboxylic acids is 1. The van der Waals surface area contributed by atoms with Gasteiger partial charge in [-0.3, -0.25) is 4.79 Å². The summed E-state index contributed by atoms with van der Waals surface area (Å²) in [4.78, 5) is 21.3. The van der Waals surface area contributed by atoms with Crippen LogP contribution in [0.2, 0.25) is 0 Å². The van der Waals surface area contributed by atoms with Crippen LogP contribution in [0.25, 0.3) is 0 Å². The van der Waals surface area contributed by atoms with Crippen LogP contribution in [0.15, 0.2) is 6.33 Å². The summed E-state index contributed by atoms with van der Waals surface area (Å²) in [6.45, 7) is 6.42. The van der Waals surface area contributed by atoms with Crippen LogP contribution in [0.4, 0.5) is 5.13 Å². The molecule has 0 spiro atoms. The van der Waals surface area contributed by atoms with Gasteiger partial charge in [-0.15, -0.1) is 0 Å². The van der Waals surface area contributed by atoms with E-state index >= 15 is 0 Å². The van der Waals surface area contributed by atoms with Crippen LogP contribution in [-0.2, 0) is 6.54 Å². The lowest BCUT2D eigenvalue weighted by molar-refractivity contribution is 0.0940. The first-order valence-electron chi connectivity index (χ1n) is 6.40. The first-order chi connectivity index (χ1) is 9.56. The Labute approximate surface area is 121 Å². The lowest BCUT2D eigenvalue weighted by Gasteiger charge is -2.13. The number of carbonyl (C=O) groups is 1. The van der Waals surface area contributed by atoms with Gasteiger partial charge in [0.2, 0.25) is 0 Å². The summed E-state index contributed by atoms with van der Waals surface area (Å²) in [5.41, 5.74) is 0.723. The number of rotatable bonds is 5. The van der Waals surface area contributed by atoms with Crippen LogP contribution < -0.4 is 10.6 Å². The van der Waals surface area contributed by atoms with Crippen LogP contribution in [0.3, 0.4) is 0 Å². The third-order valence-corrected chi connectivity index (χ3v) is 4.07. The van der Waals surface area contributed by atoms with E-state index in [-0.39, 0.29) is 11.9 Å². The van der Waals surface area contributed by atoms with Crippen molar-refractivity contribution >= 4 is 22.4 Å². The van der Waals surface area contributed by atoms with E-state index in [2.05, 4.69) is 25.7 Å². The van der Waals surface area contributed by atoms with Gasteiger partial charge in [-0.05, 0) is 20.8 Å². The third-order valence-electron chi connectivity index (χ3n) is 2.90. The van der Waals surface area contributed by atoms with E-state index in [4.69, 9.17) is 0 Å². The second kappa shape index (κ2) is 6.00. The summed E-state index contributed by atoms with van der Waals surface area (Å²) in [5.74, 6) is 0.608. The maximum Gasteiger partial charge on any atom is 0.263 e. The first-order valence-corrected chi connectivity index (χ1v) is 7.22. The SMILES string of the molecule is CCn1ncnc1C(C)NC(=O)c1sc(NC)nc1C. The molecule has 2 rings (SSSR count). The zero-order chi connectivity index (χ0) is 14.7. The molecule has 8 heteroatoms. The lowest BCUT2D eigenvalue weighted by Crippen LogP contribution is -2.28. The maximum absolute atomic E-state index is 12.3. The number of nitrogens with zero attached hydrogens (tertiary/aromatic N) is 4. The average molecular weight is 294 g/mol. The molecule has 2 heterocycles. The average Bonchev–Trinajstić information content (AvgIpc) is 3.04. The molecule has 0 saturated heterocycles. The molecule has 7 nitrogen and oxygen atoms in total. The Morgan fingerprint density at radius 2 is 2.30 bits per heavy atom. The van der Waals surface area contributed by atoms with Crippen molar-refractivity contribution < 1.29 is 4.79 Å². The molecule has 1 unspecified atom stereocenters. The second-order valence-electron chi connectivity index (χ2n) is 4.31. The van der Waals surface area contributed by atoms with Crippen molar-refractivity contribution in [3.05, 3.63) is 22.7 Å². The minimum absolute atomic E-state index is 0.139. The highest BCUT2D eigenvalue weighted by molar-refractivity contribution is 7.17. The minimum atomic E-state index is -0.204. The van der Waals surface area contributed by atoms with Crippen molar-refractivity contribution in [3.8, 4) is 0 Å². The number of anilines is 1. The van der Waals surface area contributed by atoms with Crippen LogP contribution in [0.5, 0.6) is 0 Å². The molecule has 0 saturated carbocycles. The van der Waals surface area contributed by atoms with Crippen molar-refractivity contribution in [1.82, 2.24) is 25.1 Å². The number of aromatic nitrogens is 4. The van der Waals surface area contributed by atoms with E-state index in [9.17, 15) is 4.79 Å².